The third kappa shape index (κ3) is 3.83. The second-order valence-electron chi connectivity index (χ2n) is 6.59. The Morgan fingerprint density at radius 2 is 1.70 bits per heavy atom. The second kappa shape index (κ2) is 7.24. The van der Waals surface area contributed by atoms with Crippen LogP contribution in [0.4, 0.5) is 0 Å². The van der Waals surface area contributed by atoms with Gasteiger partial charge in [0.15, 0.2) is 0 Å². The zero-order valence-electron chi connectivity index (χ0n) is 13.3. The molecule has 1 atom stereocenters. The average Bonchev–Trinajstić information content (AvgIpc) is 2.46. The summed E-state index contributed by atoms with van der Waals surface area (Å²) in [5, 5.41) is 0. The van der Waals surface area contributed by atoms with E-state index >= 15 is 0 Å². The molecule has 2 heteroatoms. The van der Waals surface area contributed by atoms with Crippen molar-refractivity contribution in [3.63, 3.8) is 0 Å². The molecular formula is C18H30N2. The average molecular weight is 274 g/mol. The Balaban J connectivity index is 2.02. The minimum absolute atomic E-state index is 0.302. The van der Waals surface area contributed by atoms with Crippen LogP contribution in [0.1, 0.15) is 73.2 Å². The molecule has 0 amide bonds. The molecule has 1 saturated carbocycles. The van der Waals surface area contributed by atoms with Crippen LogP contribution in [0.2, 0.25) is 0 Å². The standard InChI is InChI=1S/C18H30N2/c1-13-11-15(3)17(12-14(13)2)18(20-19)10-9-16-7-5-4-6-8-16/h11-12,16,18,20H,4-10,19H2,1-3H3. The quantitative estimate of drug-likeness (QED) is 0.614. The van der Waals surface area contributed by atoms with E-state index in [0.717, 1.165) is 12.3 Å². The van der Waals surface area contributed by atoms with E-state index < -0.39 is 0 Å². The van der Waals surface area contributed by atoms with Gasteiger partial charge in [0, 0.05) is 6.04 Å². The van der Waals surface area contributed by atoms with Crippen molar-refractivity contribution in [2.24, 2.45) is 11.8 Å². The van der Waals surface area contributed by atoms with Crippen molar-refractivity contribution in [3.8, 4) is 0 Å². The number of nitrogens with two attached hydrogens (primary N) is 1. The van der Waals surface area contributed by atoms with Crippen molar-refractivity contribution in [2.75, 3.05) is 0 Å². The summed E-state index contributed by atoms with van der Waals surface area (Å²) in [6, 6.07) is 4.90. The first kappa shape index (κ1) is 15.5. The zero-order valence-corrected chi connectivity index (χ0v) is 13.3. The van der Waals surface area contributed by atoms with Gasteiger partial charge < -0.3 is 0 Å². The summed E-state index contributed by atoms with van der Waals surface area (Å²) in [5.41, 5.74) is 8.52. The van der Waals surface area contributed by atoms with Crippen molar-refractivity contribution < 1.29 is 0 Å². The smallest absolute Gasteiger partial charge is 0.0462 e. The van der Waals surface area contributed by atoms with Crippen molar-refractivity contribution in [3.05, 3.63) is 34.4 Å². The number of hydrogen-bond acceptors (Lipinski definition) is 2. The number of nitrogens with one attached hydrogen (secondary N) is 1. The molecule has 1 aliphatic carbocycles. The lowest BCUT2D eigenvalue weighted by atomic mass is 9.84. The summed E-state index contributed by atoms with van der Waals surface area (Å²) in [4.78, 5) is 0. The summed E-state index contributed by atoms with van der Waals surface area (Å²) in [6.07, 6.45) is 9.59. The van der Waals surface area contributed by atoms with Crippen LogP contribution in [-0.2, 0) is 0 Å². The summed E-state index contributed by atoms with van der Waals surface area (Å²) in [5.74, 6) is 6.75. The molecule has 0 aliphatic heterocycles. The van der Waals surface area contributed by atoms with Crippen LogP contribution in [0, 0.1) is 26.7 Å². The van der Waals surface area contributed by atoms with E-state index in [4.69, 9.17) is 5.84 Å². The van der Waals surface area contributed by atoms with Gasteiger partial charge in [-0.2, -0.15) is 0 Å². The molecule has 1 aliphatic rings. The number of aryl methyl sites for hydroxylation is 3. The Labute approximate surface area is 124 Å². The maximum Gasteiger partial charge on any atom is 0.0462 e. The molecular weight excluding hydrogens is 244 g/mol. The van der Waals surface area contributed by atoms with Crippen LogP contribution in [0.5, 0.6) is 0 Å². The van der Waals surface area contributed by atoms with Crippen molar-refractivity contribution in [1.29, 1.82) is 0 Å². The van der Waals surface area contributed by atoms with Crippen LogP contribution < -0.4 is 11.3 Å². The van der Waals surface area contributed by atoms with E-state index in [1.807, 2.05) is 0 Å². The fraction of sp³-hybridized carbons (Fsp3) is 0.667. The molecule has 0 saturated heterocycles. The van der Waals surface area contributed by atoms with E-state index in [-0.39, 0.29) is 0 Å². The van der Waals surface area contributed by atoms with Crippen LogP contribution >= 0.6 is 0 Å². The topological polar surface area (TPSA) is 38.0 Å². The van der Waals surface area contributed by atoms with Gasteiger partial charge in [-0.15, -0.1) is 0 Å². The van der Waals surface area contributed by atoms with E-state index in [2.05, 4.69) is 38.3 Å². The lowest BCUT2D eigenvalue weighted by Gasteiger charge is -2.25. The molecule has 3 N–H and O–H groups in total. The van der Waals surface area contributed by atoms with Gasteiger partial charge in [-0.05, 0) is 61.8 Å². The summed E-state index contributed by atoms with van der Waals surface area (Å²) in [7, 11) is 0. The van der Waals surface area contributed by atoms with Gasteiger partial charge in [0.2, 0.25) is 0 Å². The Bertz CT molecular complexity index is 433. The maximum absolute atomic E-state index is 5.83. The van der Waals surface area contributed by atoms with E-state index in [1.54, 1.807) is 0 Å². The normalized spacial score (nSPS) is 18.2. The Kier molecular flexibility index (Phi) is 5.62. The molecule has 1 aromatic rings. The molecule has 0 radical (unpaired) electrons. The third-order valence-electron chi connectivity index (χ3n) is 5.05. The highest BCUT2D eigenvalue weighted by atomic mass is 15.2. The molecule has 0 heterocycles. The molecule has 20 heavy (non-hydrogen) atoms. The second-order valence-corrected chi connectivity index (χ2v) is 6.59. The molecule has 0 spiro atoms. The minimum atomic E-state index is 0.302. The van der Waals surface area contributed by atoms with Crippen LogP contribution in [0.3, 0.4) is 0 Å². The largest absolute Gasteiger partial charge is 0.271 e. The van der Waals surface area contributed by atoms with Gasteiger partial charge >= 0.3 is 0 Å². The number of benzene rings is 1. The van der Waals surface area contributed by atoms with Gasteiger partial charge in [0.05, 0.1) is 0 Å². The first-order valence-electron chi connectivity index (χ1n) is 8.15. The van der Waals surface area contributed by atoms with E-state index in [9.17, 15) is 0 Å². The van der Waals surface area contributed by atoms with Gasteiger partial charge in [0.25, 0.3) is 0 Å². The third-order valence-corrected chi connectivity index (χ3v) is 5.05. The zero-order chi connectivity index (χ0) is 14.5. The van der Waals surface area contributed by atoms with E-state index in [1.165, 1.54) is 60.8 Å². The molecule has 1 aromatic carbocycles. The first-order chi connectivity index (χ1) is 9.61. The minimum Gasteiger partial charge on any atom is -0.271 e. The lowest BCUT2D eigenvalue weighted by Crippen LogP contribution is -2.29. The molecule has 112 valence electrons. The fourth-order valence-electron chi connectivity index (χ4n) is 3.57. The summed E-state index contributed by atoms with van der Waals surface area (Å²) < 4.78 is 0. The highest BCUT2D eigenvalue weighted by Crippen LogP contribution is 2.31. The van der Waals surface area contributed by atoms with Crippen molar-refractivity contribution in [1.82, 2.24) is 5.43 Å². The van der Waals surface area contributed by atoms with Crippen LogP contribution in [0.25, 0.3) is 0 Å². The SMILES string of the molecule is Cc1cc(C)c(C(CCC2CCCCC2)NN)cc1C. The van der Waals surface area contributed by atoms with Gasteiger partial charge in [-0.25, -0.2) is 0 Å². The van der Waals surface area contributed by atoms with E-state index in [0.29, 0.717) is 6.04 Å². The lowest BCUT2D eigenvalue weighted by molar-refractivity contribution is 0.314. The molecule has 1 fully saturated rings. The van der Waals surface area contributed by atoms with Gasteiger partial charge in [-0.3, -0.25) is 11.3 Å². The highest BCUT2D eigenvalue weighted by molar-refractivity contribution is 5.38. The Morgan fingerprint density at radius 3 is 2.35 bits per heavy atom. The van der Waals surface area contributed by atoms with Crippen molar-refractivity contribution in [2.45, 2.75) is 71.8 Å². The molecule has 2 rings (SSSR count). The number of hydrazine groups is 1. The highest BCUT2D eigenvalue weighted by Gasteiger charge is 2.18. The monoisotopic (exact) mass is 274 g/mol. The van der Waals surface area contributed by atoms with Gasteiger partial charge in [-0.1, -0.05) is 44.2 Å². The van der Waals surface area contributed by atoms with Crippen molar-refractivity contribution >= 4 is 0 Å². The van der Waals surface area contributed by atoms with Crippen LogP contribution in [-0.4, -0.2) is 0 Å². The predicted molar refractivity (Wildman–Crippen MR) is 86.5 cm³/mol. The molecule has 0 bridgehead atoms. The maximum atomic E-state index is 5.83. The summed E-state index contributed by atoms with van der Waals surface area (Å²) in [6.45, 7) is 6.57. The summed E-state index contributed by atoms with van der Waals surface area (Å²) >= 11 is 0. The Hall–Kier alpha value is -0.860. The molecule has 0 aromatic heterocycles. The number of rotatable bonds is 5. The van der Waals surface area contributed by atoms with Gasteiger partial charge in [0.1, 0.15) is 0 Å². The number of hydrogen-bond donors (Lipinski definition) is 2. The fourth-order valence-corrected chi connectivity index (χ4v) is 3.57. The molecule has 2 nitrogen and oxygen atoms in total. The predicted octanol–water partition coefficient (Wildman–Crippen LogP) is 4.48. The first-order valence-corrected chi connectivity index (χ1v) is 8.15. The van der Waals surface area contributed by atoms with Crippen LogP contribution in [0.15, 0.2) is 12.1 Å². The Morgan fingerprint density at radius 1 is 1.05 bits per heavy atom. The molecule has 1 unspecified atom stereocenters.